The Labute approximate surface area is 71.0 Å². The van der Waals surface area contributed by atoms with E-state index in [2.05, 4.69) is 5.10 Å². The van der Waals surface area contributed by atoms with E-state index in [0.29, 0.717) is 12.1 Å². The van der Waals surface area contributed by atoms with Crippen molar-refractivity contribution < 1.29 is 5.11 Å². The summed E-state index contributed by atoms with van der Waals surface area (Å²) in [6.07, 6.45) is 5.60. The lowest BCUT2D eigenvalue weighted by Crippen LogP contribution is -2.37. The van der Waals surface area contributed by atoms with Crippen LogP contribution in [0.25, 0.3) is 0 Å². The fraction of sp³-hybridized carbons (Fsp3) is 0.625. The molecular weight excluding hydrogens is 154 g/mol. The smallest absolute Gasteiger partial charge is 0.0712 e. The molecular formula is C8H13N3O. The van der Waals surface area contributed by atoms with E-state index in [9.17, 15) is 0 Å². The van der Waals surface area contributed by atoms with E-state index in [1.54, 1.807) is 6.20 Å². The largest absolute Gasteiger partial charge is 0.392 e. The Morgan fingerprint density at radius 2 is 2.42 bits per heavy atom. The van der Waals surface area contributed by atoms with E-state index in [-0.39, 0.29) is 6.61 Å². The van der Waals surface area contributed by atoms with Crippen molar-refractivity contribution in [2.75, 3.05) is 0 Å². The predicted molar refractivity (Wildman–Crippen MR) is 44.4 cm³/mol. The first kappa shape index (κ1) is 7.76. The van der Waals surface area contributed by atoms with Crippen molar-refractivity contribution in [3.63, 3.8) is 0 Å². The van der Waals surface area contributed by atoms with Crippen LogP contribution >= 0.6 is 0 Å². The second kappa shape index (κ2) is 2.88. The predicted octanol–water partition coefficient (Wildman–Crippen LogP) is 0.0376. The highest BCUT2D eigenvalue weighted by molar-refractivity contribution is 5.03. The van der Waals surface area contributed by atoms with Gasteiger partial charge < -0.3 is 10.8 Å². The zero-order valence-electron chi connectivity index (χ0n) is 6.85. The van der Waals surface area contributed by atoms with Gasteiger partial charge in [-0.25, -0.2) is 0 Å². The van der Waals surface area contributed by atoms with Crippen LogP contribution in [-0.2, 0) is 6.61 Å². The fourth-order valence-corrected chi connectivity index (χ4v) is 1.50. The normalized spacial score (nSPS) is 28.5. The number of aliphatic hydroxyl groups is 1. The molecule has 1 aliphatic rings. The Morgan fingerprint density at radius 1 is 1.67 bits per heavy atom. The maximum atomic E-state index is 8.80. The SMILES string of the molecule is N[C@H]1C[C@H](n2cc(CO)cn2)C1. The van der Waals surface area contributed by atoms with Gasteiger partial charge in [-0.05, 0) is 12.8 Å². The van der Waals surface area contributed by atoms with Crippen molar-refractivity contribution in [2.24, 2.45) is 5.73 Å². The highest BCUT2D eigenvalue weighted by Gasteiger charge is 2.27. The second-order valence-electron chi connectivity index (χ2n) is 3.37. The van der Waals surface area contributed by atoms with E-state index in [0.717, 1.165) is 18.4 Å². The number of nitrogens with zero attached hydrogens (tertiary/aromatic N) is 2. The minimum atomic E-state index is 0.0682. The molecule has 0 saturated heterocycles. The van der Waals surface area contributed by atoms with Gasteiger partial charge in [-0.3, -0.25) is 4.68 Å². The van der Waals surface area contributed by atoms with Gasteiger partial charge >= 0.3 is 0 Å². The van der Waals surface area contributed by atoms with Crippen LogP contribution in [0.1, 0.15) is 24.4 Å². The maximum Gasteiger partial charge on any atom is 0.0712 e. The summed E-state index contributed by atoms with van der Waals surface area (Å²) in [5, 5.41) is 12.9. The third-order valence-electron chi connectivity index (χ3n) is 2.36. The molecule has 0 radical (unpaired) electrons. The van der Waals surface area contributed by atoms with Crippen LogP contribution < -0.4 is 5.73 Å². The molecule has 0 atom stereocenters. The molecule has 0 aromatic carbocycles. The molecule has 66 valence electrons. The van der Waals surface area contributed by atoms with Gasteiger partial charge in [-0.2, -0.15) is 5.10 Å². The highest BCUT2D eigenvalue weighted by atomic mass is 16.3. The maximum absolute atomic E-state index is 8.80. The van der Waals surface area contributed by atoms with Crippen molar-refractivity contribution in [2.45, 2.75) is 31.5 Å². The van der Waals surface area contributed by atoms with Crippen LogP contribution in [0.5, 0.6) is 0 Å². The summed E-state index contributed by atoms with van der Waals surface area (Å²) in [5.41, 5.74) is 6.53. The van der Waals surface area contributed by atoms with Crippen molar-refractivity contribution in [1.29, 1.82) is 0 Å². The first-order chi connectivity index (χ1) is 5.79. The molecule has 4 nitrogen and oxygen atoms in total. The number of hydrogen-bond acceptors (Lipinski definition) is 3. The molecule has 1 aliphatic carbocycles. The van der Waals surface area contributed by atoms with Crippen molar-refractivity contribution in [3.8, 4) is 0 Å². The molecule has 0 amide bonds. The molecule has 4 heteroatoms. The van der Waals surface area contributed by atoms with Crippen LogP contribution in [0.3, 0.4) is 0 Å². The minimum absolute atomic E-state index is 0.0682. The van der Waals surface area contributed by atoms with Crippen LogP contribution in [0.4, 0.5) is 0 Å². The van der Waals surface area contributed by atoms with Gasteiger partial charge in [0.25, 0.3) is 0 Å². The molecule has 1 saturated carbocycles. The standard InChI is InChI=1S/C8H13N3O/c9-7-1-8(2-7)11-4-6(5-12)3-10-11/h3-4,7-8,12H,1-2,5,9H2/t7-,8-. The molecule has 1 aromatic rings. The van der Waals surface area contributed by atoms with E-state index in [1.807, 2.05) is 10.9 Å². The molecule has 0 bridgehead atoms. The number of aromatic nitrogens is 2. The first-order valence-electron chi connectivity index (χ1n) is 4.19. The number of rotatable bonds is 2. The summed E-state index contributed by atoms with van der Waals surface area (Å²) in [6, 6.07) is 0.803. The van der Waals surface area contributed by atoms with E-state index in [1.165, 1.54) is 0 Å². The number of aliphatic hydroxyl groups excluding tert-OH is 1. The molecule has 1 fully saturated rings. The summed E-state index contributed by atoms with van der Waals surface area (Å²) in [6.45, 7) is 0.0682. The lowest BCUT2D eigenvalue weighted by molar-refractivity contribution is 0.246. The molecule has 3 N–H and O–H groups in total. The summed E-state index contributed by atoms with van der Waals surface area (Å²) in [5.74, 6) is 0. The Balaban J connectivity index is 2.04. The average molecular weight is 167 g/mol. The monoisotopic (exact) mass is 167 g/mol. The average Bonchev–Trinajstić information content (AvgIpc) is 2.46. The van der Waals surface area contributed by atoms with Crippen LogP contribution in [0.15, 0.2) is 12.4 Å². The summed E-state index contributed by atoms with van der Waals surface area (Å²) in [4.78, 5) is 0. The summed E-state index contributed by atoms with van der Waals surface area (Å²) < 4.78 is 1.90. The van der Waals surface area contributed by atoms with Crippen LogP contribution in [0.2, 0.25) is 0 Å². The Bertz CT molecular complexity index is 265. The summed E-state index contributed by atoms with van der Waals surface area (Å²) in [7, 11) is 0. The number of nitrogens with two attached hydrogens (primary N) is 1. The number of hydrogen-bond donors (Lipinski definition) is 2. The van der Waals surface area contributed by atoms with Crippen LogP contribution in [-0.4, -0.2) is 20.9 Å². The molecule has 1 heterocycles. The van der Waals surface area contributed by atoms with E-state index >= 15 is 0 Å². The van der Waals surface area contributed by atoms with Gasteiger partial charge in [-0.1, -0.05) is 0 Å². The fourth-order valence-electron chi connectivity index (χ4n) is 1.50. The quantitative estimate of drug-likeness (QED) is 0.653. The lowest BCUT2D eigenvalue weighted by Gasteiger charge is -2.32. The van der Waals surface area contributed by atoms with E-state index in [4.69, 9.17) is 10.8 Å². The zero-order valence-corrected chi connectivity index (χ0v) is 6.85. The van der Waals surface area contributed by atoms with E-state index < -0.39 is 0 Å². The second-order valence-corrected chi connectivity index (χ2v) is 3.37. The van der Waals surface area contributed by atoms with Gasteiger partial charge in [0.05, 0.1) is 18.8 Å². The Hall–Kier alpha value is -0.870. The van der Waals surface area contributed by atoms with Crippen molar-refractivity contribution >= 4 is 0 Å². The molecule has 0 spiro atoms. The van der Waals surface area contributed by atoms with Gasteiger partial charge in [0.15, 0.2) is 0 Å². The zero-order chi connectivity index (χ0) is 8.55. The van der Waals surface area contributed by atoms with Gasteiger partial charge in [0.1, 0.15) is 0 Å². The third-order valence-corrected chi connectivity index (χ3v) is 2.36. The van der Waals surface area contributed by atoms with Gasteiger partial charge in [-0.15, -0.1) is 0 Å². The van der Waals surface area contributed by atoms with Gasteiger partial charge in [0.2, 0.25) is 0 Å². The third kappa shape index (κ3) is 1.23. The lowest BCUT2D eigenvalue weighted by atomic mass is 9.88. The summed E-state index contributed by atoms with van der Waals surface area (Å²) >= 11 is 0. The van der Waals surface area contributed by atoms with Crippen molar-refractivity contribution in [1.82, 2.24) is 9.78 Å². The highest BCUT2D eigenvalue weighted by Crippen LogP contribution is 2.29. The first-order valence-corrected chi connectivity index (χ1v) is 4.19. The minimum Gasteiger partial charge on any atom is -0.392 e. The topological polar surface area (TPSA) is 64.1 Å². The molecule has 0 aliphatic heterocycles. The molecule has 1 aromatic heterocycles. The van der Waals surface area contributed by atoms with Crippen molar-refractivity contribution in [3.05, 3.63) is 18.0 Å². The molecule has 12 heavy (non-hydrogen) atoms. The molecule has 2 rings (SSSR count). The van der Waals surface area contributed by atoms with Gasteiger partial charge in [0, 0.05) is 17.8 Å². The Morgan fingerprint density at radius 3 is 2.92 bits per heavy atom. The molecule has 0 unspecified atom stereocenters. The Kier molecular flexibility index (Phi) is 1.86. The van der Waals surface area contributed by atoms with Crippen LogP contribution in [0, 0.1) is 0 Å².